The van der Waals surface area contributed by atoms with Gasteiger partial charge < -0.3 is 4.74 Å². The van der Waals surface area contributed by atoms with Gasteiger partial charge in [-0.3, -0.25) is 4.79 Å². The second kappa shape index (κ2) is 7.94. The first-order valence-electron chi connectivity index (χ1n) is 7.57. The van der Waals surface area contributed by atoms with Crippen LogP contribution >= 0.6 is 27.3 Å². The Bertz CT molecular complexity index is 748. The minimum Gasteiger partial charge on any atom is -0.483 e. The van der Waals surface area contributed by atoms with Crippen LogP contribution in [0.4, 0.5) is 0 Å². The number of rotatable bonds is 5. The maximum absolute atomic E-state index is 11.8. The number of ether oxygens (including phenoxy) is 1. The number of halogens is 1. The highest BCUT2D eigenvalue weighted by Crippen LogP contribution is 2.31. The fourth-order valence-corrected chi connectivity index (χ4v) is 3.19. The molecule has 2 aromatic rings. The van der Waals surface area contributed by atoms with Gasteiger partial charge >= 0.3 is 0 Å². The SMILES string of the molecule is Cc1ccc(C=NNC(=O)COc2ccc(C(C)(C)C)cc2Br)s1. The number of nitrogens with zero attached hydrogens (tertiary/aromatic N) is 1. The van der Waals surface area contributed by atoms with Gasteiger partial charge in [0.1, 0.15) is 5.75 Å². The van der Waals surface area contributed by atoms with Crippen LogP contribution in [0.1, 0.15) is 36.1 Å². The molecule has 0 aliphatic carbocycles. The number of carbonyl (C=O) groups is 1. The summed E-state index contributed by atoms with van der Waals surface area (Å²) in [5, 5.41) is 3.93. The van der Waals surface area contributed by atoms with Crippen molar-refractivity contribution in [3.8, 4) is 5.75 Å². The van der Waals surface area contributed by atoms with Gasteiger partial charge in [-0.15, -0.1) is 11.3 Å². The predicted octanol–water partition coefficient (Wildman–Crippen LogP) is 4.65. The topological polar surface area (TPSA) is 50.7 Å². The lowest BCUT2D eigenvalue weighted by molar-refractivity contribution is -0.123. The molecule has 1 aromatic heterocycles. The van der Waals surface area contributed by atoms with Gasteiger partial charge in [0.2, 0.25) is 0 Å². The molecule has 0 saturated heterocycles. The molecule has 6 heteroatoms. The van der Waals surface area contributed by atoms with Crippen LogP contribution < -0.4 is 10.2 Å². The number of carbonyl (C=O) groups excluding carboxylic acids is 1. The minimum atomic E-state index is -0.300. The van der Waals surface area contributed by atoms with E-state index in [1.54, 1.807) is 17.6 Å². The van der Waals surface area contributed by atoms with E-state index in [0.717, 1.165) is 9.35 Å². The molecular formula is C18H21BrN2O2S. The third-order valence-electron chi connectivity index (χ3n) is 3.30. The van der Waals surface area contributed by atoms with Crippen molar-refractivity contribution < 1.29 is 9.53 Å². The monoisotopic (exact) mass is 408 g/mol. The van der Waals surface area contributed by atoms with E-state index in [1.165, 1.54) is 10.4 Å². The van der Waals surface area contributed by atoms with Crippen LogP contribution in [0.2, 0.25) is 0 Å². The third kappa shape index (κ3) is 5.46. The van der Waals surface area contributed by atoms with E-state index in [-0.39, 0.29) is 17.9 Å². The highest BCUT2D eigenvalue weighted by Gasteiger charge is 2.15. The maximum Gasteiger partial charge on any atom is 0.277 e. The summed E-state index contributed by atoms with van der Waals surface area (Å²) in [7, 11) is 0. The average Bonchev–Trinajstić information content (AvgIpc) is 2.90. The number of aryl methyl sites for hydroxylation is 1. The molecule has 0 bridgehead atoms. The molecule has 4 nitrogen and oxygen atoms in total. The average molecular weight is 409 g/mol. The van der Waals surface area contributed by atoms with E-state index in [2.05, 4.69) is 47.2 Å². The molecule has 0 atom stereocenters. The summed E-state index contributed by atoms with van der Waals surface area (Å²) in [6.07, 6.45) is 1.63. The lowest BCUT2D eigenvalue weighted by Gasteiger charge is -2.20. The van der Waals surface area contributed by atoms with Gasteiger partial charge in [0.15, 0.2) is 6.61 Å². The summed E-state index contributed by atoms with van der Waals surface area (Å²) in [6, 6.07) is 9.87. The van der Waals surface area contributed by atoms with Crippen LogP contribution in [-0.2, 0) is 10.2 Å². The van der Waals surface area contributed by atoms with Crippen molar-refractivity contribution >= 4 is 39.4 Å². The van der Waals surface area contributed by atoms with E-state index in [9.17, 15) is 4.79 Å². The lowest BCUT2D eigenvalue weighted by Crippen LogP contribution is -2.24. The lowest BCUT2D eigenvalue weighted by atomic mass is 9.87. The number of benzene rings is 1. The van der Waals surface area contributed by atoms with Crippen LogP contribution in [0.5, 0.6) is 5.75 Å². The third-order valence-corrected chi connectivity index (χ3v) is 4.85. The fourth-order valence-electron chi connectivity index (χ4n) is 1.95. The Kier molecular flexibility index (Phi) is 6.18. The van der Waals surface area contributed by atoms with E-state index in [1.807, 2.05) is 37.3 Å². The predicted molar refractivity (Wildman–Crippen MR) is 103 cm³/mol. The first-order valence-corrected chi connectivity index (χ1v) is 9.18. The number of hydrazone groups is 1. The zero-order valence-corrected chi connectivity index (χ0v) is 16.6. The van der Waals surface area contributed by atoms with Crippen molar-refractivity contribution in [2.24, 2.45) is 5.10 Å². The van der Waals surface area contributed by atoms with Crippen LogP contribution in [0, 0.1) is 6.92 Å². The molecule has 1 heterocycles. The Morgan fingerprint density at radius 1 is 1.33 bits per heavy atom. The number of hydrogen-bond donors (Lipinski definition) is 1. The first-order chi connectivity index (χ1) is 11.3. The van der Waals surface area contributed by atoms with E-state index in [0.29, 0.717) is 5.75 Å². The largest absolute Gasteiger partial charge is 0.483 e. The molecule has 128 valence electrons. The van der Waals surface area contributed by atoms with Crippen LogP contribution in [0.25, 0.3) is 0 Å². The molecule has 2 rings (SSSR count). The van der Waals surface area contributed by atoms with Gasteiger partial charge in [0.25, 0.3) is 5.91 Å². The number of thiophene rings is 1. The van der Waals surface area contributed by atoms with Crippen molar-refractivity contribution in [2.75, 3.05) is 6.61 Å². The maximum atomic E-state index is 11.8. The van der Waals surface area contributed by atoms with Crippen molar-refractivity contribution in [1.29, 1.82) is 0 Å². The van der Waals surface area contributed by atoms with Crippen LogP contribution in [0.15, 0.2) is 39.9 Å². The zero-order chi connectivity index (χ0) is 17.7. The summed E-state index contributed by atoms with van der Waals surface area (Å²) >= 11 is 5.11. The van der Waals surface area contributed by atoms with Crippen molar-refractivity contribution in [3.63, 3.8) is 0 Å². The van der Waals surface area contributed by atoms with Gasteiger partial charge in [-0.25, -0.2) is 5.43 Å². The Labute approximate surface area is 155 Å². The van der Waals surface area contributed by atoms with E-state index in [4.69, 9.17) is 4.74 Å². The molecule has 1 amide bonds. The highest BCUT2D eigenvalue weighted by molar-refractivity contribution is 9.10. The minimum absolute atomic E-state index is 0.0628. The quantitative estimate of drug-likeness (QED) is 0.578. The molecule has 0 aliphatic rings. The number of amides is 1. The van der Waals surface area contributed by atoms with Crippen molar-refractivity contribution in [3.05, 3.63) is 50.1 Å². The van der Waals surface area contributed by atoms with Crippen LogP contribution in [-0.4, -0.2) is 18.7 Å². The molecule has 0 spiro atoms. The van der Waals surface area contributed by atoms with E-state index < -0.39 is 0 Å². The van der Waals surface area contributed by atoms with Gasteiger partial charge in [-0.05, 0) is 58.1 Å². The first kappa shape index (κ1) is 18.7. The second-order valence-corrected chi connectivity index (χ2v) is 8.60. The Balaban J connectivity index is 1.86. The molecule has 1 N–H and O–H groups in total. The van der Waals surface area contributed by atoms with Crippen molar-refractivity contribution in [2.45, 2.75) is 33.1 Å². The number of nitrogens with one attached hydrogen (secondary N) is 1. The Hall–Kier alpha value is -1.66. The molecule has 1 aromatic carbocycles. The molecule has 0 saturated carbocycles. The normalized spacial score (nSPS) is 11.7. The molecule has 0 radical (unpaired) electrons. The summed E-state index contributed by atoms with van der Waals surface area (Å²) in [5.41, 5.74) is 3.72. The van der Waals surface area contributed by atoms with Crippen molar-refractivity contribution in [1.82, 2.24) is 5.43 Å². The molecular weight excluding hydrogens is 388 g/mol. The van der Waals surface area contributed by atoms with Crippen LogP contribution in [0.3, 0.4) is 0 Å². The molecule has 0 fully saturated rings. The fraction of sp³-hybridized carbons (Fsp3) is 0.333. The summed E-state index contributed by atoms with van der Waals surface area (Å²) in [5.74, 6) is 0.335. The van der Waals surface area contributed by atoms with Gasteiger partial charge in [-0.1, -0.05) is 26.8 Å². The standard InChI is InChI=1S/C18H21BrN2O2S/c1-12-5-7-14(24-12)10-20-21-17(22)11-23-16-8-6-13(9-15(16)19)18(2,3)4/h5-10H,11H2,1-4H3,(H,21,22). The van der Waals surface area contributed by atoms with Gasteiger partial charge in [-0.2, -0.15) is 5.10 Å². The Morgan fingerprint density at radius 3 is 2.67 bits per heavy atom. The smallest absolute Gasteiger partial charge is 0.277 e. The molecule has 0 unspecified atom stereocenters. The molecule has 24 heavy (non-hydrogen) atoms. The summed E-state index contributed by atoms with van der Waals surface area (Å²) < 4.78 is 6.38. The van der Waals surface area contributed by atoms with E-state index >= 15 is 0 Å². The number of hydrogen-bond acceptors (Lipinski definition) is 4. The second-order valence-electron chi connectivity index (χ2n) is 6.43. The Morgan fingerprint density at radius 2 is 2.08 bits per heavy atom. The summed E-state index contributed by atoms with van der Waals surface area (Å²) in [6.45, 7) is 8.38. The zero-order valence-electron chi connectivity index (χ0n) is 14.2. The molecule has 0 aliphatic heterocycles. The van der Waals surface area contributed by atoms with Gasteiger partial charge in [0.05, 0.1) is 10.7 Å². The highest BCUT2D eigenvalue weighted by atomic mass is 79.9. The van der Waals surface area contributed by atoms with Gasteiger partial charge in [0, 0.05) is 9.75 Å². The summed E-state index contributed by atoms with van der Waals surface area (Å²) in [4.78, 5) is 14.0.